The maximum absolute atomic E-state index is 12.8. The first-order valence-corrected chi connectivity index (χ1v) is 11.7. The molecular formula is C24H26N2O5S2. The number of benzene rings is 2. The number of nitrogens with one attached hydrogen (secondary N) is 1. The van der Waals surface area contributed by atoms with Gasteiger partial charge in [-0.2, -0.15) is 0 Å². The lowest BCUT2D eigenvalue weighted by molar-refractivity contribution is -0.122. The minimum absolute atomic E-state index is 0.107. The van der Waals surface area contributed by atoms with E-state index in [1.54, 1.807) is 49.5 Å². The second kappa shape index (κ2) is 11.7. The molecule has 0 atom stereocenters. The van der Waals surface area contributed by atoms with Gasteiger partial charge in [0, 0.05) is 24.7 Å². The fourth-order valence-corrected chi connectivity index (χ4v) is 4.63. The zero-order valence-corrected chi connectivity index (χ0v) is 20.1. The summed E-state index contributed by atoms with van der Waals surface area (Å²) in [6.45, 7) is 0.516. The Morgan fingerprint density at radius 2 is 1.91 bits per heavy atom. The van der Waals surface area contributed by atoms with Gasteiger partial charge in [0.05, 0.1) is 19.1 Å². The maximum atomic E-state index is 12.8. The zero-order chi connectivity index (χ0) is 23.8. The number of nitrogens with zero attached hydrogens (tertiary/aromatic N) is 1. The first-order chi connectivity index (χ1) is 15.9. The highest BCUT2D eigenvalue weighted by Gasteiger charge is 2.31. The van der Waals surface area contributed by atoms with Crippen molar-refractivity contribution < 1.29 is 24.2 Å². The number of methoxy groups -OCH3 is 2. The molecule has 33 heavy (non-hydrogen) atoms. The van der Waals surface area contributed by atoms with E-state index in [1.165, 1.54) is 17.8 Å². The number of anilines is 1. The fraction of sp³-hybridized carbons (Fsp3) is 0.292. The van der Waals surface area contributed by atoms with Crippen LogP contribution in [0.1, 0.15) is 31.2 Å². The molecule has 2 aromatic carbocycles. The number of rotatable bonds is 10. The zero-order valence-electron chi connectivity index (χ0n) is 18.5. The molecule has 9 heteroatoms. The highest BCUT2D eigenvalue weighted by Crippen LogP contribution is 2.34. The van der Waals surface area contributed by atoms with Crippen molar-refractivity contribution in [2.24, 2.45) is 0 Å². The second-order valence-electron chi connectivity index (χ2n) is 7.36. The number of unbranched alkanes of at least 4 members (excludes halogenated alkanes) is 2. The molecule has 2 N–H and O–H groups in total. The van der Waals surface area contributed by atoms with E-state index in [4.69, 9.17) is 21.7 Å². The lowest BCUT2D eigenvalue weighted by Gasteiger charge is -2.14. The normalized spacial score (nSPS) is 14.6. The number of phenols is 1. The molecule has 3 rings (SSSR count). The molecule has 0 aliphatic carbocycles. The minimum atomic E-state index is -0.110. The number of phenolic OH excluding ortho intramolecular Hbond substituents is 1. The van der Waals surface area contributed by atoms with Crippen LogP contribution in [0.4, 0.5) is 5.69 Å². The van der Waals surface area contributed by atoms with Crippen molar-refractivity contribution >= 4 is 51.9 Å². The summed E-state index contributed by atoms with van der Waals surface area (Å²) in [7, 11) is 3.14. The standard InChI is InChI=1S/C24H26N2O5S2/c1-30-19-11-10-16(13-20(19)31-2)14-21-23(29)26(24(32)33-21)12-5-3-4-9-22(28)25-17-7-6-8-18(27)15-17/h6-8,10-11,13-15,27H,3-5,9,12H2,1-2H3,(H,25,28)/b21-14-. The molecule has 2 aromatic rings. The molecule has 0 unspecified atom stereocenters. The van der Waals surface area contributed by atoms with Gasteiger partial charge in [0.2, 0.25) is 5.91 Å². The summed E-state index contributed by atoms with van der Waals surface area (Å²) in [4.78, 5) is 27.0. The van der Waals surface area contributed by atoms with Crippen LogP contribution < -0.4 is 14.8 Å². The summed E-state index contributed by atoms with van der Waals surface area (Å²) < 4.78 is 11.1. The highest BCUT2D eigenvalue weighted by molar-refractivity contribution is 8.26. The quantitative estimate of drug-likeness (QED) is 0.283. The third-order valence-electron chi connectivity index (χ3n) is 4.99. The lowest BCUT2D eigenvalue weighted by Crippen LogP contribution is -2.29. The number of carbonyl (C=O) groups excluding carboxylic acids is 2. The molecule has 0 spiro atoms. The molecule has 1 saturated heterocycles. The van der Waals surface area contributed by atoms with Gasteiger partial charge < -0.3 is 19.9 Å². The van der Waals surface area contributed by atoms with Gasteiger partial charge in [-0.05, 0) is 48.7 Å². The molecule has 7 nitrogen and oxygen atoms in total. The number of thiocarbonyl (C=S) groups is 1. The Labute approximate surface area is 202 Å². The van der Waals surface area contributed by atoms with E-state index in [-0.39, 0.29) is 17.6 Å². The number of aromatic hydroxyl groups is 1. The molecule has 1 aliphatic rings. The van der Waals surface area contributed by atoms with Crippen LogP contribution in [0.5, 0.6) is 17.2 Å². The van der Waals surface area contributed by atoms with Crippen molar-refractivity contribution in [2.75, 3.05) is 26.1 Å². The van der Waals surface area contributed by atoms with Crippen LogP contribution in [0.25, 0.3) is 6.08 Å². The van der Waals surface area contributed by atoms with Crippen LogP contribution in [-0.4, -0.2) is 46.9 Å². The molecule has 0 bridgehead atoms. The largest absolute Gasteiger partial charge is 0.508 e. The summed E-state index contributed by atoms with van der Waals surface area (Å²) >= 11 is 6.68. The lowest BCUT2D eigenvalue weighted by atomic mass is 10.1. The van der Waals surface area contributed by atoms with Gasteiger partial charge in [-0.3, -0.25) is 14.5 Å². The van der Waals surface area contributed by atoms with Crippen LogP contribution in [0.2, 0.25) is 0 Å². The Morgan fingerprint density at radius 3 is 2.64 bits per heavy atom. The van der Waals surface area contributed by atoms with Crippen LogP contribution in [0.3, 0.4) is 0 Å². The molecular weight excluding hydrogens is 460 g/mol. The van der Waals surface area contributed by atoms with E-state index in [1.807, 2.05) is 12.1 Å². The van der Waals surface area contributed by atoms with Gasteiger partial charge in [-0.1, -0.05) is 42.5 Å². The maximum Gasteiger partial charge on any atom is 0.266 e. The molecule has 1 fully saturated rings. The van der Waals surface area contributed by atoms with Crippen molar-refractivity contribution in [1.29, 1.82) is 0 Å². The number of ether oxygens (including phenoxy) is 2. The smallest absolute Gasteiger partial charge is 0.266 e. The summed E-state index contributed by atoms with van der Waals surface area (Å²) in [5.41, 5.74) is 1.39. The summed E-state index contributed by atoms with van der Waals surface area (Å²) in [6.07, 6.45) is 4.40. The van der Waals surface area contributed by atoms with Crippen molar-refractivity contribution in [3.8, 4) is 17.2 Å². The summed E-state index contributed by atoms with van der Waals surface area (Å²) in [6, 6.07) is 11.9. The van der Waals surface area contributed by atoms with Crippen molar-refractivity contribution in [3.63, 3.8) is 0 Å². The van der Waals surface area contributed by atoms with Gasteiger partial charge >= 0.3 is 0 Å². The van der Waals surface area contributed by atoms with Gasteiger partial charge in [0.15, 0.2) is 11.5 Å². The van der Waals surface area contributed by atoms with Crippen molar-refractivity contribution in [2.45, 2.75) is 25.7 Å². The Balaban J connectivity index is 1.46. The van der Waals surface area contributed by atoms with E-state index in [2.05, 4.69) is 5.32 Å². The Bertz CT molecular complexity index is 1070. The van der Waals surface area contributed by atoms with Gasteiger partial charge in [0.1, 0.15) is 10.1 Å². The Kier molecular flexibility index (Phi) is 8.73. The highest BCUT2D eigenvalue weighted by atomic mass is 32.2. The number of hydrogen-bond acceptors (Lipinski definition) is 7. The van der Waals surface area contributed by atoms with Crippen LogP contribution >= 0.6 is 24.0 Å². The molecule has 1 heterocycles. The predicted molar refractivity (Wildman–Crippen MR) is 135 cm³/mol. The van der Waals surface area contributed by atoms with Crippen molar-refractivity contribution in [3.05, 3.63) is 52.9 Å². The minimum Gasteiger partial charge on any atom is -0.508 e. The average molecular weight is 487 g/mol. The SMILES string of the molecule is COc1ccc(/C=C2\SC(=S)N(CCCCCC(=O)Nc3cccc(O)c3)C2=O)cc1OC. The van der Waals surface area contributed by atoms with E-state index in [0.717, 1.165) is 18.4 Å². The third-order valence-corrected chi connectivity index (χ3v) is 6.37. The van der Waals surface area contributed by atoms with Crippen LogP contribution in [0, 0.1) is 0 Å². The first kappa shape index (κ1) is 24.6. The van der Waals surface area contributed by atoms with Crippen LogP contribution in [-0.2, 0) is 9.59 Å². The fourth-order valence-electron chi connectivity index (χ4n) is 3.33. The summed E-state index contributed by atoms with van der Waals surface area (Å²) in [5.74, 6) is 1.11. The second-order valence-corrected chi connectivity index (χ2v) is 9.03. The van der Waals surface area contributed by atoms with Gasteiger partial charge in [0.25, 0.3) is 5.91 Å². The number of amides is 2. The van der Waals surface area contributed by atoms with E-state index in [0.29, 0.717) is 45.8 Å². The monoisotopic (exact) mass is 486 g/mol. The molecule has 0 aromatic heterocycles. The number of hydrogen-bond donors (Lipinski definition) is 2. The van der Waals surface area contributed by atoms with E-state index in [9.17, 15) is 14.7 Å². The Morgan fingerprint density at radius 1 is 1.12 bits per heavy atom. The topological polar surface area (TPSA) is 88.1 Å². The molecule has 1 aliphatic heterocycles. The summed E-state index contributed by atoms with van der Waals surface area (Å²) in [5, 5.41) is 12.2. The van der Waals surface area contributed by atoms with E-state index >= 15 is 0 Å². The Hall–Kier alpha value is -3.04. The molecule has 0 radical (unpaired) electrons. The first-order valence-electron chi connectivity index (χ1n) is 10.5. The predicted octanol–water partition coefficient (Wildman–Crippen LogP) is 4.81. The number of carbonyl (C=O) groups is 2. The average Bonchev–Trinajstić information content (AvgIpc) is 3.05. The molecule has 0 saturated carbocycles. The number of thioether (sulfide) groups is 1. The van der Waals surface area contributed by atoms with Crippen LogP contribution in [0.15, 0.2) is 47.4 Å². The van der Waals surface area contributed by atoms with Gasteiger partial charge in [-0.15, -0.1) is 0 Å². The molecule has 2 amide bonds. The van der Waals surface area contributed by atoms with Gasteiger partial charge in [-0.25, -0.2) is 0 Å². The van der Waals surface area contributed by atoms with E-state index < -0.39 is 0 Å². The van der Waals surface area contributed by atoms with Crippen molar-refractivity contribution in [1.82, 2.24) is 4.90 Å². The third kappa shape index (κ3) is 6.72. The molecule has 174 valence electrons.